The molecule has 2 N–H and O–H groups in total. The third-order valence-electron chi connectivity index (χ3n) is 2.83. The molecule has 0 saturated carbocycles. The zero-order valence-corrected chi connectivity index (χ0v) is 12.1. The van der Waals surface area contributed by atoms with E-state index >= 15 is 0 Å². The SMILES string of the molecule is Nc1ncc(-c2ccc(C(F)(F)F)cc2C(F)(F)F)cc1Br. The van der Waals surface area contributed by atoms with Crippen molar-refractivity contribution in [3.05, 3.63) is 46.1 Å². The first-order valence-electron chi connectivity index (χ1n) is 5.70. The second-order valence-corrected chi connectivity index (χ2v) is 5.20. The number of aromatic nitrogens is 1. The van der Waals surface area contributed by atoms with Gasteiger partial charge in [0, 0.05) is 11.8 Å². The number of nitrogen functional groups attached to an aromatic ring is 1. The van der Waals surface area contributed by atoms with Crippen LogP contribution >= 0.6 is 15.9 Å². The molecule has 1 heterocycles. The lowest BCUT2D eigenvalue weighted by Crippen LogP contribution is -2.12. The first-order chi connectivity index (χ1) is 10.00. The second kappa shape index (κ2) is 5.45. The fourth-order valence-electron chi connectivity index (χ4n) is 1.80. The minimum absolute atomic E-state index is 0.00197. The van der Waals surface area contributed by atoms with Gasteiger partial charge in [0.05, 0.1) is 15.6 Å². The van der Waals surface area contributed by atoms with Crippen molar-refractivity contribution >= 4 is 21.7 Å². The van der Waals surface area contributed by atoms with Crippen molar-refractivity contribution < 1.29 is 26.3 Å². The number of nitrogens with two attached hydrogens (primary N) is 1. The Bertz CT molecular complexity index is 709. The Kier molecular flexibility index (Phi) is 4.12. The summed E-state index contributed by atoms with van der Waals surface area (Å²) in [6.07, 6.45) is -8.74. The standard InChI is InChI=1S/C13H7BrF6N2/c14-10-3-6(5-22-11(10)21)8-2-1-7(12(15,16)17)4-9(8)13(18,19)20/h1-5H,(H2,21,22). The van der Waals surface area contributed by atoms with Crippen molar-refractivity contribution in [1.82, 2.24) is 4.98 Å². The molecule has 0 amide bonds. The number of pyridine rings is 1. The number of benzene rings is 1. The molecule has 0 atom stereocenters. The Morgan fingerprint density at radius 1 is 0.955 bits per heavy atom. The molecule has 22 heavy (non-hydrogen) atoms. The molecular weight excluding hydrogens is 378 g/mol. The number of anilines is 1. The van der Waals surface area contributed by atoms with Gasteiger partial charge in [-0.15, -0.1) is 0 Å². The van der Waals surface area contributed by atoms with Gasteiger partial charge >= 0.3 is 12.4 Å². The molecule has 0 unspecified atom stereocenters. The fourth-order valence-corrected chi connectivity index (χ4v) is 2.15. The monoisotopic (exact) mass is 384 g/mol. The van der Waals surface area contributed by atoms with Gasteiger partial charge in [0.1, 0.15) is 5.82 Å². The van der Waals surface area contributed by atoms with Crippen molar-refractivity contribution in [2.75, 3.05) is 5.73 Å². The fraction of sp³-hybridized carbons (Fsp3) is 0.154. The van der Waals surface area contributed by atoms with E-state index in [2.05, 4.69) is 20.9 Å². The van der Waals surface area contributed by atoms with Crippen LogP contribution in [0.4, 0.5) is 32.2 Å². The average Bonchev–Trinajstić information content (AvgIpc) is 2.39. The third kappa shape index (κ3) is 3.34. The molecule has 0 spiro atoms. The Labute approximate surface area is 129 Å². The molecule has 1 aromatic carbocycles. The van der Waals surface area contributed by atoms with Crippen LogP contribution in [-0.4, -0.2) is 4.98 Å². The second-order valence-electron chi connectivity index (χ2n) is 4.35. The molecule has 0 aliphatic carbocycles. The summed E-state index contributed by atoms with van der Waals surface area (Å²) in [4.78, 5) is 3.69. The minimum Gasteiger partial charge on any atom is -0.383 e. The van der Waals surface area contributed by atoms with E-state index in [0.717, 1.165) is 12.3 Å². The van der Waals surface area contributed by atoms with E-state index in [1.807, 2.05) is 0 Å². The van der Waals surface area contributed by atoms with Gasteiger partial charge in [-0.2, -0.15) is 26.3 Å². The van der Waals surface area contributed by atoms with E-state index in [4.69, 9.17) is 5.73 Å². The smallest absolute Gasteiger partial charge is 0.383 e. The normalized spacial score (nSPS) is 12.5. The van der Waals surface area contributed by atoms with E-state index in [-0.39, 0.29) is 21.9 Å². The Morgan fingerprint density at radius 2 is 1.59 bits per heavy atom. The summed E-state index contributed by atoms with van der Waals surface area (Å²) in [5.41, 5.74) is 2.28. The molecule has 2 rings (SSSR count). The van der Waals surface area contributed by atoms with Crippen LogP contribution in [0.3, 0.4) is 0 Å². The zero-order chi connectivity index (χ0) is 16.7. The predicted molar refractivity (Wildman–Crippen MR) is 71.8 cm³/mol. The van der Waals surface area contributed by atoms with Crippen LogP contribution in [0, 0.1) is 0 Å². The van der Waals surface area contributed by atoms with Crippen molar-refractivity contribution in [1.29, 1.82) is 0 Å². The molecule has 0 aliphatic rings. The highest BCUT2D eigenvalue weighted by atomic mass is 79.9. The van der Waals surface area contributed by atoms with Gasteiger partial charge < -0.3 is 5.73 Å². The number of halogens is 7. The molecular formula is C13H7BrF6N2. The third-order valence-corrected chi connectivity index (χ3v) is 3.47. The van der Waals surface area contributed by atoms with Crippen molar-refractivity contribution in [2.45, 2.75) is 12.4 Å². The highest BCUT2D eigenvalue weighted by Crippen LogP contribution is 2.41. The van der Waals surface area contributed by atoms with Crippen LogP contribution in [0.5, 0.6) is 0 Å². The molecule has 118 valence electrons. The van der Waals surface area contributed by atoms with E-state index in [0.29, 0.717) is 6.07 Å². The molecule has 0 aliphatic heterocycles. The summed E-state index contributed by atoms with van der Waals surface area (Å²) >= 11 is 3.02. The van der Waals surface area contributed by atoms with Crippen molar-refractivity contribution in [3.8, 4) is 11.1 Å². The zero-order valence-electron chi connectivity index (χ0n) is 10.6. The maximum atomic E-state index is 13.1. The van der Waals surface area contributed by atoms with Crippen LogP contribution in [0.2, 0.25) is 0 Å². The molecule has 2 aromatic rings. The van der Waals surface area contributed by atoms with Gasteiger partial charge in [-0.3, -0.25) is 0 Å². The summed E-state index contributed by atoms with van der Waals surface area (Å²) in [5.74, 6) is 0.0595. The lowest BCUT2D eigenvalue weighted by Gasteiger charge is -2.16. The number of nitrogens with zero attached hydrogens (tertiary/aromatic N) is 1. The lowest BCUT2D eigenvalue weighted by atomic mass is 9.98. The first-order valence-corrected chi connectivity index (χ1v) is 6.49. The molecule has 1 aromatic heterocycles. The number of alkyl halides is 6. The molecule has 2 nitrogen and oxygen atoms in total. The molecule has 0 saturated heterocycles. The van der Waals surface area contributed by atoms with Crippen LogP contribution in [0.25, 0.3) is 11.1 Å². The number of hydrogen-bond donors (Lipinski definition) is 1. The van der Waals surface area contributed by atoms with Crippen molar-refractivity contribution in [2.24, 2.45) is 0 Å². The maximum absolute atomic E-state index is 13.1. The average molecular weight is 385 g/mol. The predicted octanol–water partition coefficient (Wildman–Crippen LogP) is 5.13. The molecule has 0 radical (unpaired) electrons. The maximum Gasteiger partial charge on any atom is 0.417 e. The van der Waals surface area contributed by atoms with E-state index in [9.17, 15) is 26.3 Å². The quantitative estimate of drug-likeness (QED) is 0.692. The number of rotatable bonds is 1. The van der Waals surface area contributed by atoms with Crippen LogP contribution in [0.1, 0.15) is 11.1 Å². The van der Waals surface area contributed by atoms with Gasteiger partial charge in [0.2, 0.25) is 0 Å². The number of hydrogen-bond acceptors (Lipinski definition) is 2. The van der Waals surface area contributed by atoms with Crippen LogP contribution in [0.15, 0.2) is 34.9 Å². The topological polar surface area (TPSA) is 38.9 Å². The lowest BCUT2D eigenvalue weighted by molar-refractivity contribution is -0.142. The summed E-state index contributed by atoms with van der Waals surface area (Å²) < 4.78 is 77.2. The molecule has 0 bridgehead atoms. The van der Waals surface area contributed by atoms with Crippen LogP contribution in [-0.2, 0) is 12.4 Å². The van der Waals surface area contributed by atoms with Gasteiger partial charge in [-0.05, 0) is 39.7 Å². The largest absolute Gasteiger partial charge is 0.417 e. The van der Waals surface area contributed by atoms with Gasteiger partial charge in [-0.25, -0.2) is 4.98 Å². The highest BCUT2D eigenvalue weighted by molar-refractivity contribution is 9.10. The van der Waals surface area contributed by atoms with Gasteiger partial charge in [0.15, 0.2) is 0 Å². The van der Waals surface area contributed by atoms with E-state index < -0.39 is 29.0 Å². The molecule has 0 fully saturated rings. The minimum atomic E-state index is -4.94. The Balaban J connectivity index is 2.67. The van der Waals surface area contributed by atoms with Crippen LogP contribution < -0.4 is 5.73 Å². The van der Waals surface area contributed by atoms with Gasteiger partial charge in [0.25, 0.3) is 0 Å². The first kappa shape index (κ1) is 16.6. The summed E-state index contributed by atoms with van der Waals surface area (Å²) in [6.45, 7) is 0. The van der Waals surface area contributed by atoms with E-state index in [1.54, 1.807) is 0 Å². The summed E-state index contributed by atoms with van der Waals surface area (Å²) in [6, 6.07) is 2.71. The Morgan fingerprint density at radius 3 is 2.09 bits per heavy atom. The van der Waals surface area contributed by atoms with Crippen molar-refractivity contribution in [3.63, 3.8) is 0 Å². The summed E-state index contributed by atoms with van der Waals surface area (Å²) in [7, 11) is 0. The summed E-state index contributed by atoms with van der Waals surface area (Å²) in [5, 5.41) is 0. The highest BCUT2D eigenvalue weighted by Gasteiger charge is 2.38. The molecule has 9 heteroatoms. The van der Waals surface area contributed by atoms with Gasteiger partial charge in [-0.1, -0.05) is 6.07 Å². The van der Waals surface area contributed by atoms with E-state index in [1.165, 1.54) is 6.07 Å². The Hall–Kier alpha value is -1.77.